The van der Waals surface area contributed by atoms with E-state index in [0.29, 0.717) is 18.4 Å². The molecular formula is C12H17NO3S. The zero-order chi connectivity index (χ0) is 12.8. The standard InChI is InChI=1S/C12H17NO3S/c1-8-4-5-10(17(13,15)16)11(9(8)2)12(14)6-3-7-12/h4-5,14H,3,6-7H2,1-2H3,(H2,13,15,16). The van der Waals surface area contributed by atoms with Crippen molar-refractivity contribution in [2.45, 2.75) is 43.6 Å². The summed E-state index contributed by atoms with van der Waals surface area (Å²) in [4.78, 5) is 0.0581. The molecule has 0 unspecified atom stereocenters. The summed E-state index contributed by atoms with van der Waals surface area (Å²) < 4.78 is 23.1. The van der Waals surface area contributed by atoms with Crippen molar-refractivity contribution in [3.8, 4) is 0 Å². The van der Waals surface area contributed by atoms with E-state index < -0.39 is 15.6 Å². The summed E-state index contributed by atoms with van der Waals surface area (Å²) in [5, 5.41) is 15.6. The Morgan fingerprint density at radius 3 is 2.29 bits per heavy atom. The van der Waals surface area contributed by atoms with Crippen LogP contribution in [0.4, 0.5) is 0 Å². The summed E-state index contributed by atoms with van der Waals surface area (Å²) in [6.07, 6.45) is 2.10. The van der Waals surface area contributed by atoms with E-state index in [1.54, 1.807) is 6.07 Å². The Morgan fingerprint density at radius 2 is 1.88 bits per heavy atom. The zero-order valence-electron chi connectivity index (χ0n) is 10.0. The number of sulfonamides is 1. The van der Waals surface area contributed by atoms with Crippen LogP contribution in [0.2, 0.25) is 0 Å². The number of primary sulfonamides is 1. The molecule has 17 heavy (non-hydrogen) atoms. The normalized spacial score (nSPS) is 18.8. The first-order chi connectivity index (χ1) is 7.76. The van der Waals surface area contributed by atoms with Gasteiger partial charge in [0.2, 0.25) is 10.0 Å². The second-order valence-corrected chi connectivity index (χ2v) is 6.34. The SMILES string of the molecule is Cc1ccc(S(N)(=O)=O)c(C2(O)CCC2)c1C. The van der Waals surface area contributed by atoms with Crippen LogP contribution in [0, 0.1) is 13.8 Å². The Balaban J connectivity index is 2.74. The van der Waals surface area contributed by atoms with Gasteiger partial charge >= 0.3 is 0 Å². The number of aliphatic hydroxyl groups is 1. The Labute approximate surface area is 102 Å². The van der Waals surface area contributed by atoms with Crippen LogP contribution in [-0.2, 0) is 15.6 Å². The van der Waals surface area contributed by atoms with Gasteiger partial charge in [0, 0.05) is 5.56 Å². The molecule has 0 bridgehead atoms. The van der Waals surface area contributed by atoms with Gasteiger partial charge in [-0.1, -0.05) is 6.07 Å². The van der Waals surface area contributed by atoms with E-state index in [4.69, 9.17) is 5.14 Å². The first-order valence-corrected chi connectivity index (χ1v) is 7.16. The smallest absolute Gasteiger partial charge is 0.238 e. The highest BCUT2D eigenvalue weighted by Gasteiger charge is 2.41. The lowest BCUT2D eigenvalue weighted by Crippen LogP contribution is -2.37. The fourth-order valence-electron chi connectivity index (χ4n) is 2.37. The molecule has 1 aliphatic carbocycles. The molecule has 4 nitrogen and oxygen atoms in total. The van der Waals surface area contributed by atoms with Gasteiger partial charge in [-0.2, -0.15) is 0 Å². The predicted molar refractivity (Wildman–Crippen MR) is 65.0 cm³/mol. The quantitative estimate of drug-likeness (QED) is 0.836. The summed E-state index contributed by atoms with van der Waals surface area (Å²) in [6, 6.07) is 3.21. The molecule has 0 aromatic heterocycles. The summed E-state index contributed by atoms with van der Waals surface area (Å²) in [7, 11) is -3.79. The molecule has 5 heteroatoms. The highest BCUT2D eigenvalue weighted by molar-refractivity contribution is 7.89. The van der Waals surface area contributed by atoms with Gasteiger partial charge in [-0.05, 0) is 50.3 Å². The molecule has 1 aromatic rings. The van der Waals surface area contributed by atoms with Gasteiger partial charge in [0.05, 0.1) is 10.5 Å². The van der Waals surface area contributed by atoms with Crippen LogP contribution < -0.4 is 5.14 Å². The lowest BCUT2D eigenvalue weighted by atomic mass is 9.73. The Bertz CT molecular complexity index is 559. The van der Waals surface area contributed by atoms with Crippen molar-refractivity contribution in [3.05, 3.63) is 28.8 Å². The van der Waals surface area contributed by atoms with E-state index in [1.807, 2.05) is 13.8 Å². The third-order valence-corrected chi connectivity index (χ3v) is 4.60. The first-order valence-electron chi connectivity index (χ1n) is 5.61. The van der Waals surface area contributed by atoms with Gasteiger partial charge in [-0.25, -0.2) is 13.6 Å². The van der Waals surface area contributed by atoms with Gasteiger partial charge in [0.15, 0.2) is 0 Å². The topological polar surface area (TPSA) is 80.4 Å². The van der Waals surface area contributed by atoms with Crippen molar-refractivity contribution in [2.24, 2.45) is 5.14 Å². The Kier molecular flexibility index (Phi) is 2.80. The van der Waals surface area contributed by atoms with Crippen LogP contribution >= 0.6 is 0 Å². The minimum Gasteiger partial charge on any atom is -0.385 e. The lowest BCUT2D eigenvalue weighted by Gasteiger charge is -2.39. The van der Waals surface area contributed by atoms with Crippen LogP contribution in [-0.4, -0.2) is 13.5 Å². The average Bonchev–Trinajstić information content (AvgIpc) is 2.16. The number of rotatable bonds is 2. The second-order valence-electron chi connectivity index (χ2n) is 4.81. The summed E-state index contributed by atoms with van der Waals surface area (Å²) in [6.45, 7) is 3.73. The van der Waals surface area contributed by atoms with E-state index in [1.165, 1.54) is 6.07 Å². The molecule has 0 spiro atoms. The molecule has 0 aliphatic heterocycles. The van der Waals surface area contributed by atoms with Crippen LogP contribution in [0.15, 0.2) is 17.0 Å². The van der Waals surface area contributed by atoms with Crippen LogP contribution in [0.5, 0.6) is 0 Å². The number of benzene rings is 1. The van der Waals surface area contributed by atoms with Gasteiger partial charge in [0.1, 0.15) is 0 Å². The van der Waals surface area contributed by atoms with Crippen molar-refractivity contribution in [2.75, 3.05) is 0 Å². The maximum atomic E-state index is 11.6. The maximum Gasteiger partial charge on any atom is 0.238 e. The molecule has 94 valence electrons. The van der Waals surface area contributed by atoms with E-state index in [-0.39, 0.29) is 4.90 Å². The van der Waals surface area contributed by atoms with E-state index in [2.05, 4.69) is 0 Å². The molecule has 1 fully saturated rings. The molecule has 1 aliphatic rings. The Morgan fingerprint density at radius 1 is 1.29 bits per heavy atom. The predicted octanol–water partition coefficient (Wildman–Crippen LogP) is 1.32. The van der Waals surface area contributed by atoms with Crippen molar-refractivity contribution in [1.29, 1.82) is 0 Å². The van der Waals surface area contributed by atoms with Crippen LogP contribution in [0.3, 0.4) is 0 Å². The third kappa shape index (κ3) is 1.99. The van der Waals surface area contributed by atoms with Crippen LogP contribution in [0.1, 0.15) is 36.0 Å². The average molecular weight is 255 g/mol. The maximum absolute atomic E-state index is 11.6. The fraction of sp³-hybridized carbons (Fsp3) is 0.500. The van der Waals surface area contributed by atoms with Crippen molar-refractivity contribution in [3.63, 3.8) is 0 Å². The highest BCUT2D eigenvalue weighted by atomic mass is 32.2. The molecule has 0 heterocycles. The highest BCUT2D eigenvalue weighted by Crippen LogP contribution is 2.45. The summed E-state index contributed by atoms with van der Waals surface area (Å²) >= 11 is 0. The van der Waals surface area contributed by atoms with Gasteiger partial charge in [-0.15, -0.1) is 0 Å². The van der Waals surface area contributed by atoms with Crippen molar-refractivity contribution >= 4 is 10.0 Å². The lowest BCUT2D eigenvalue weighted by molar-refractivity contribution is -0.0418. The first kappa shape index (κ1) is 12.5. The summed E-state index contributed by atoms with van der Waals surface area (Å²) in [5.74, 6) is 0. The number of nitrogens with two attached hydrogens (primary N) is 1. The molecule has 0 radical (unpaired) electrons. The summed E-state index contributed by atoms with van der Waals surface area (Å²) in [5.41, 5.74) is 1.26. The molecule has 1 aromatic carbocycles. The van der Waals surface area contributed by atoms with Crippen molar-refractivity contribution in [1.82, 2.24) is 0 Å². The monoisotopic (exact) mass is 255 g/mol. The second kappa shape index (κ2) is 3.80. The largest absolute Gasteiger partial charge is 0.385 e. The van der Waals surface area contributed by atoms with Gasteiger partial charge in [-0.3, -0.25) is 0 Å². The molecule has 2 rings (SSSR count). The Hall–Kier alpha value is -0.910. The molecule has 0 saturated heterocycles. The number of aryl methyl sites for hydroxylation is 1. The number of hydrogen-bond acceptors (Lipinski definition) is 3. The molecule has 1 saturated carbocycles. The van der Waals surface area contributed by atoms with Gasteiger partial charge in [0.25, 0.3) is 0 Å². The molecule has 3 N–H and O–H groups in total. The van der Waals surface area contributed by atoms with E-state index in [0.717, 1.165) is 17.5 Å². The van der Waals surface area contributed by atoms with E-state index in [9.17, 15) is 13.5 Å². The van der Waals surface area contributed by atoms with Gasteiger partial charge < -0.3 is 5.11 Å². The zero-order valence-corrected chi connectivity index (χ0v) is 10.8. The molecule has 0 atom stereocenters. The van der Waals surface area contributed by atoms with Crippen LogP contribution in [0.25, 0.3) is 0 Å². The number of hydrogen-bond donors (Lipinski definition) is 2. The molecular weight excluding hydrogens is 238 g/mol. The fourth-order valence-corrected chi connectivity index (χ4v) is 3.25. The van der Waals surface area contributed by atoms with E-state index >= 15 is 0 Å². The van der Waals surface area contributed by atoms with Crippen molar-refractivity contribution < 1.29 is 13.5 Å². The molecule has 0 amide bonds. The minimum atomic E-state index is -3.79. The third-order valence-electron chi connectivity index (χ3n) is 3.65. The minimum absolute atomic E-state index is 0.0581.